The summed E-state index contributed by atoms with van der Waals surface area (Å²) in [6.07, 6.45) is 4.71. The van der Waals surface area contributed by atoms with Crippen molar-refractivity contribution in [3.8, 4) is 11.5 Å². The van der Waals surface area contributed by atoms with Gasteiger partial charge in [0.25, 0.3) is 0 Å². The third kappa shape index (κ3) is 3.23. The Morgan fingerprint density at radius 1 is 1.00 bits per heavy atom. The molecule has 4 aromatic rings. The minimum absolute atomic E-state index is 0.263. The highest BCUT2D eigenvalue weighted by atomic mass is 32.2. The van der Waals surface area contributed by atoms with Crippen molar-refractivity contribution in [2.75, 3.05) is 0 Å². The summed E-state index contributed by atoms with van der Waals surface area (Å²) in [6.45, 7) is 0. The van der Waals surface area contributed by atoms with E-state index in [0.717, 1.165) is 34.0 Å². The van der Waals surface area contributed by atoms with Crippen molar-refractivity contribution < 1.29 is 10.2 Å². The van der Waals surface area contributed by atoms with Gasteiger partial charge in [-0.05, 0) is 66.6 Å². The molecule has 0 fully saturated rings. The molecule has 0 saturated heterocycles. The summed E-state index contributed by atoms with van der Waals surface area (Å²) in [5.74, 6) is 1.04. The highest BCUT2D eigenvalue weighted by Crippen LogP contribution is 2.44. The summed E-state index contributed by atoms with van der Waals surface area (Å²) in [7, 11) is 0. The van der Waals surface area contributed by atoms with E-state index in [-0.39, 0.29) is 5.75 Å². The van der Waals surface area contributed by atoms with Crippen molar-refractivity contribution in [2.24, 2.45) is 0 Å². The molecular weight excluding hydrogens is 388 g/mol. The summed E-state index contributed by atoms with van der Waals surface area (Å²) < 4.78 is 0. The quantitative estimate of drug-likeness (QED) is 0.438. The Balaban J connectivity index is 1.50. The van der Waals surface area contributed by atoms with Crippen LogP contribution in [-0.2, 0) is 12.8 Å². The summed E-state index contributed by atoms with van der Waals surface area (Å²) in [5.41, 5.74) is 2.65. The van der Waals surface area contributed by atoms with Gasteiger partial charge in [0.1, 0.15) is 27.7 Å². The Bertz CT molecular complexity index is 1160. The first-order chi connectivity index (χ1) is 13.7. The number of hydrogen-bond acceptors (Lipinski definition) is 6. The second-order valence-corrected chi connectivity index (χ2v) is 9.14. The van der Waals surface area contributed by atoms with Crippen molar-refractivity contribution in [2.45, 2.75) is 35.1 Å². The zero-order valence-electron chi connectivity index (χ0n) is 15.0. The third-order valence-corrected chi connectivity index (χ3v) is 7.36. The van der Waals surface area contributed by atoms with Gasteiger partial charge in [-0.2, -0.15) is 0 Å². The van der Waals surface area contributed by atoms with Gasteiger partial charge in [-0.3, -0.25) is 0 Å². The molecule has 0 spiro atoms. The van der Waals surface area contributed by atoms with Crippen LogP contribution in [0.2, 0.25) is 0 Å². The largest absolute Gasteiger partial charge is 0.508 e. The van der Waals surface area contributed by atoms with Crippen LogP contribution in [0.25, 0.3) is 10.2 Å². The molecule has 2 heterocycles. The molecule has 140 valence electrons. The molecule has 2 aromatic carbocycles. The van der Waals surface area contributed by atoms with E-state index < -0.39 is 0 Å². The number of benzene rings is 2. The number of phenols is 2. The van der Waals surface area contributed by atoms with Crippen molar-refractivity contribution in [3.63, 3.8) is 0 Å². The van der Waals surface area contributed by atoms with Crippen molar-refractivity contribution in [1.29, 1.82) is 0 Å². The van der Waals surface area contributed by atoms with Gasteiger partial charge in [-0.15, -0.1) is 11.3 Å². The standard InChI is InChI=1S/C22H18N2O2S2/c25-15-7-4-13(5-8-15)14-6-9-18-19(10-14)28-22-20(18)21(23-12-24-22)27-17-3-1-2-16(26)11-17/h1-5,7-8,11-12,14,25-26H,6,9-10H2. The van der Waals surface area contributed by atoms with Gasteiger partial charge in [-0.25, -0.2) is 9.97 Å². The fourth-order valence-corrected chi connectivity index (χ4v) is 6.15. The Kier molecular flexibility index (Phi) is 4.45. The molecule has 0 bridgehead atoms. The van der Waals surface area contributed by atoms with Gasteiger partial charge < -0.3 is 10.2 Å². The van der Waals surface area contributed by atoms with Crippen molar-refractivity contribution in [3.05, 3.63) is 70.9 Å². The zero-order chi connectivity index (χ0) is 19.1. The lowest BCUT2D eigenvalue weighted by Crippen LogP contribution is -2.10. The van der Waals surface area contributed by atoms with Crippen molar-refractivity contribution in [1.82, 2.24) is 9.97 Å². The van der Waals surface area contributed by atoms with Gasteiger partial charge in [-0.1, -0.05) is 30.0 Å². The van der Waals surface area contributed by atoms with Crippen molar-refractivity contribution >= 4 is 33.3 Å². The van der Waals surface area contributed by atoms with Gasteiger partial charge >= 0.3 is 0 Å². The number of aromatic hydroxyl groups is 2. The molecule has 1 aliphatic rings. The van der Waals surface area contributed by atoms with Crippen LogP contribution >= 0.6 is 23.1 Å². The van der Waals surface area contributed by atoms with Crippen LogP contribution in [0.15, 0.2) is 64.8 Å². The summed E-state index contributed by atoms with van der Waals surface area (Å²) in [4.78, 5) is 12.5. The van der Waals surface area contributed by atoms with E-state index in [1.165, 1.54) is 21.4 Å². The van der Waals surface area contributed by atoms with Gasteiger partial charge in [0.05, 0.1) is 0 Å². The first-order valence-electron chi connectivity index (χ1n) is 9.18. The fourth-order valence-electron chi connectivity index (χ4n) is 3.85. The third-order valence-electron chi connectivity index (χ3n) is 5.21. The highest BCUT2D eigenvalue weighted by Gasteiger charge is 2.26. The maximum atomic E-state index is 9.75. The summed E-state index contributed by atoms with van der Waals surface area (Å²) in [5, 5.41) is 21.4. The number of aryl methyl sites for hydroxylation is 1. The lowest BCUT2D eigenvalue weighted by Gasteiger charge is -2.22. The van der Waals surface area contributed by atoms with E-state index in [2.05, 4.69) is 9.97 Å². The monoisotopic (exact) mass is 406 g/mol. The second kappa shape index (κ2) is 7.11. The molecule has 1 aliphatic carbocycles. The second-order valence-electron chi connectivity index (χ2n) is 6.99. The number of nitrogens with zero attached hydrogens (tertiary/aromatic N) is 2. The molecule has 1 atom stereocenters. The van der Waals surface area contributed by atoms with Gasteiger partial charge in [0.2, 0.25) is 0 Å². The molecule has 0 aliphatic heterocycles. The van der Waals surface area contributed by atoms with Crippen LogP contribution in [0.1, 0.15) is 28.3 Å². The molecule has 6 heteroatoms. The molecule has 2 aromatic heterocycles. The van der Waals surface area contributed by atoms with Crippen LogP contribution in [0.5, 0.6) is 11.5 Å². The molecule has 0 amide bonds. The molecule has 0 saturated carbocycles. The Hall–Kier alpha value is -2.57. The fraction of sp³-hybridized carbons (Fsp3) is 0.182. The summed E-state index contributed by atoms with van der Waals surface area (Å²) in [6, 6.07) is 14.9. The average molecular weight is 407 g/mol. The van der Waals surface area contributed by atoms with Gasteiger partial charge in [0.15, 0.2) is 0 Å². The number of fused-ring (bicyclic) bond motifs is 3. The van der Waals surface area contributed by atoms with Gasteiger partial charge in [0, 0.05) is 15.2 Å². The molecule has 5 rings (SSSR count). The van der Waals surface area contributed by atoms with E-state index in [1.54, 1.807) is 53.7 Å². The van der Waals surface area contributed by atoms with Crippen LogP contribution in [0, 0.1) is 0 Å². The van der Waals surface area contributed by atoms with Crippen LogP contribution in [0.3, 0.4) is 0 Å². The maximum absolute atomic E-state index is 9.75. The summed E-state index contributed by atoms with van der Waals surface area (Å²) >= 11 is 3.34. The smallest absolute Gasteiger partial charge is 0.128 e. The van der Waals surface area contributed by atoms with E-state index in [1.807, 2.05) is 24.3 Å². The normalized spacial score (nSPS) is 16.2. The van der Waals surface area contributed by atoms with E-state index in [9.17, 15) is 10.2 Å². The van der Waals surface area contributed by atoms with E-state index in [4.69, 9.17) is 0 Å². The Labute approximate surface area is 170 Å². The van der Waals surface area contributed by atoms with E-state index >= 15 is 0 Å². The lowest BCUT2D eigenvalue weighted by molar-refractivity contribution is 0.473. The predicted octanol–water partition coefficient (Wildman–Crippen LogP) is 5.53. The molecule has 1 unspecified atom stereocenters. The minimum atomic E-state index is 0.263. The van der Waals surface area contributed by atoms with Crippen LogP contribution in [-0.4, -0.2) is 20.2 Å². The highest BCUT2D eigenvalue weighted by molar-refractivity contribution is 7.99. The predicted molar refractivity (Wildman–Crippen MR) is 113 cm³/mol. The minimum Gasteiger partial charge on any atom is -0.508 e. The first-order valence-corrected chi connectivity index (χ1v) is 10.8. The van der Waals surface area contributed by atoms with Crippen LogP contribution < -0.4 is 0 Å². The molecule has 2 N–H and O–H groups in total. The molecule has 0 radical (unpaired) electrons. The zero-order valence-corrected chi connectivity index (χ0v) is 16.6. The number of phenolic OH excluding ortho intramolecular Hbond substituents is 2. The number of rotatable bonds is 3. The first kappa shape index (κ1) is 17.5. The maximum Gasteiger partial charge on any atom is 0.128 e. The molecule has 28 heavy (non-hydrogen) atoms. The molecular formula is C22H18N2O2S2. The van der Waals surface area contributed by atoms with E-state index in [0.29, 0.717) is 11.7 Å². The number of aromatic nitrogens is 2. The topological polar surface area (TPSA) is 66.2 Å². The average Bonchev–Trinajstić information content (AvgIpc) is 3.07. The number of thiophene rings is 1. The number of hydrogen-bond donors (Lipinski definition) is 2. The lowest BCUT2D eigenvalue weighted by atomic mass is 9.83. The van der Waals surface area contributed by atoms with Crippen LogP contribution in [0.4, 0.5) is 0 Å². The SMILES string of the molecule is Oc1ccc(C2CCc3c(sc4ncnc(Sc5cccc(O)c5)c34)C2)cc1. The molecule has 4 nitrogen and oxygen atoms in total. The Morgan fingerprint density at radius 3 is 2.68 bits per heavy atom. The Morgan fingerprint density at radius 2 is 1.86 bits per heavy atom.